The number of nitrogens with two attached hydrogens (primary N) is 1. The van der Waals surface area contributed by atoms with Crippen molar-refractivity contribution >= 4 is 55.5 Å². The van der Waals surface area contributed by atoms with Gasteiger partial charge in [-0.05, 0) is 0 Å². The first-order valence-corrected chi connectivity index (χ1v) is 5.72. The van der Waals surface area contributed by atoms with Gasteiger partial charge in [0, 0.05) is 18.4 Å². The zero-order chi connectivity index (χ0) is 14.0. The number of aliphatic carboxylic acids is 2. The molecule has 0 fully saturated rings. The summed E-state index contributed by atoms with van der Waals surface area (Å²) in [5, 5.41) is 18.6. The maximum absolute atomic E-state index is 10.3. The van der Waals surface area contributed by atoms with Crippen LogP contribution in [0.15, 0.2) is 0 Å². The Morgan fingerprint density at radius 1 is 1.17 bits per heavy atom. The van der Waals surface area contributed by atoms with E-state index in [0.29, 0.717) is 0 Å². The Kier molecular flexibility index (Phi) is 16.0. The number of halogens is 1. The third-order valence-electron chi connectivity index (χ3n) is 1.37. The van der Waals surface area contributed by atoms with Gasteiger partial charge in [0.05, 0.1) is 0 Å². The van der Waals surface area contributed by atoms with Gasteiger partial charge in [0.25, 0.3) is 0 Å². The molecule has 5 N–H and O–H groups in total. The summed E-state index contributed by atoms with van der Waals surface area (Å²) in [5.74, 6) is -2.13. The second-order valence-corrected chi connectivity index (χ2v) is 3.63. The molecule has 0 aliphatic heterocycles. The first-order chi connectivity index (χ1) is 7.76. The Morgan fingerprint density at radius 3 is 1.67 bits per heavy atom. The Morgan fingerprint density at radius 2 is 1.61 bits per heavy atom. The zero-order valence-corrected chi connectivity index (χ0v) is 12.2. The molecule has 0 saturated carbocycles. The van der Waals surface area contributed by atoms with Gasteiger partial charge in [0.1, 0.15) is 12.1 Å². The summed E-state index contributed by atoms with van der Waals surface area (Å²) in [4.78, 5) is 30.3. The highest BCUT2D eigenvalue weighted by atomic mass is 35.5. The quantitative estimate of drug-likeness (QED) is 0.370. The van der Waals surface area contributed by atoms with E-state index >= 15 is 0 Å². The fourth-order valence-electron chi connectivity index (χ4n) is 0.509. The van der Waals surface area contributed by atoms with Crippen molar-refractivity contribution in [1.82, 2.24) is 5.32 Å². The summed E-state index contributed by atoms with van der Waals surface area (Å²) in [5.41, 5.74) is 4.94. The Balaban J connectivity index is -0.000000251. The van der Waals surface area contributed by atoms with E-state index in [2.05, 4.69) is 30.6 Å². The molecule has 0 radical (unpaired) electrons. The normalized spacial score (nSPS) is 12.0. The maximum Gasteiger partial charge on any atom is 0.327 e. The highest BCUT2D eigenvalue weighted by molar-refractivity contribution is 7.80. The highest BCUT2D eigenvalue weighted by Gasteiger charge is 2.15. The van der Waals surface area contributed by atoms with E-state index in [1.807, 2.05) is 0 Å². The zero-order valence-electron chi connectivity index (χ0n) is 9.57. The summed E-state index contributed by atoms with van der Waals surface area (Å²) in [6.45, 7) is 1.26. The lowest BCUT2D eigenvalue weighted by Gasteiger charge is -2.08. The van der Waals surface area contributed by atoms with Crippen LogP contribution in [0.1, 0.15) is 6.92 Å². The van der Waals surface area contributed by atoms with Gasteiger partial charge >= 0.3 is 11.9 Å². The van der Waals surface area contributed by atoms with Crippen LogP contribution in [0.3, 0.4) is 0 Å². The summed E-state index contributed by atoms with van der Waals surface area (Å²) in [6, 6.07) is -1.69. The van der Waals surface area contributed by atoms with Crippen LogP contribution < -0.4 is 11.1 Å². The number of hydrogen-bond donors (Lipinski definition) is 6. The van der Waals surface area contributed by atoms with Crippen LogP contribution in [0.25, 0.3) is 0 Å². The lowest BCUT2D eigenvalue weighted by molar-refractivity contribution is -0.140. The number of nitrogens with one attached hydrogen (secondary N) is 1. The molecule has 0 aromatic carbocycles. The van der Waals surface area contributed by atoms with Crippen LogP contribution >= 0.6 is 37.7 Å². The summed E-state index contributed by atoms with van der Waals surface area (Å²) < 4.78 is 0. The first kappa shape index (κ1) is 22.5. The van der Waals surface area contributed by atoms with Crippen molar-refractivity contribution in [2.45, 2.75) is 19.0 Å². The molecular formula is C8H17ClN2O5S2. The molecule has 0 saturated heterocycles. The van der Waals surface area contributed by atoms with Crippen LogP contribution in [-0.2, 0) is 14.4 Å². The molecular weight excluding hydrogens is 304 g/mol. The van der Waals surface area contributed by atoms with E-state index in [-0.39, 0.29) is 29.8 Å². The maximum atomic E-state index is 10.3. The summed E-state index contributed by atoms with van der Waals surface area (Å²) in [6.07, 6.45) is 0. The van der Waals surface area contributed by atoms with Crippen molar-refractivity contribution in [2.24, 2.45) is 5.73 Å². The molecule has 0 aliphatic carbocycles. The molecule has 18 heavy (non-hydrogen) atoms. The van der Waals surface area contributed by atoms with Crippen LogP contribution in [0.4, 0.5) is 0 Å². The van der Waals surface area contributed by atoms with E-state index in [1.54, 1.807) is 0 Å². The molecule has 7 nitrogen and oxygen atoms in total. The van der Waals surface area contributed by atoms with Gasteiger partial charge in [-0.25, -0.2) is 4.79 Å². The molecule has 0 aromatic heterocycles. The second-order valence-electron chi connectivity index (χ2n) is 2.90. The Labute approximate surface area is 122 Å². The van der Waals surface area contributed by atoms with E-state index in [4.69, 9.17) is 15.9 Å². The molecule has 0 rings (SSSR count). The van der Waals surface area contributed by atoms with Gasteiger partial charge < -0.3 is 21.3 Å². The number of amides is 1. The Bertz CT molecular complexity index is 280. The number of rotatable bonds is 5. The van der Waals surface area contributed by atoms with Crippen LogP contribution in [0, 0.1) is 0 Å². The third kappa shape index (κ3) is 13.4. The minimum Gasteiger partial charge on any atom is -0.480 e. The van der Waals surface area contributed by atoms with Crippen molar-refractivity contribution in [3.8, 4) is 0 Å². The number of carboxylic acids is 2. The molecule has 0 aliphatic rings. The predicted octanol–water partition coefficient (Wildman–Crippen LogP) is -0.745. The van der Waals surface area contributed by atoms with Gasteiger partial charge in [-0.1, -0.05) is 0 Å². The number of thiol groups is 2. The smallest absolute Gasteiger partial charge is 0.327 e. The van der Waals surface area contributed by atoms with Crippen molar-refractivity contribution in [2.75, 3.05) is 11.5 Å². The third-order valence-corrected chi connectivity index (χ3v) is 2.13. The van der Waals surface area contributed by atoms with Gasteiger partial charge in [-0.3, -0.25) is 9.59 Å². The van der Waals surface area contributed by atoms with Crippen molar-refractivity contribution < 1.29 is 24.6 Å². The molecule has 1 amide bonds. The van der Waals surface area contributed by atoms with E-state index in [0.717, 1.165) is 0 Å². The topological polar surface area (TPSA) is 130 Å². The van der Waals surface area contributed by atoms with Crippen molar-refractivity contribution in [3.05, 3.63) is 0 Å². The van der Waals surface area contributed by atoms with Gasteiger partial charge in [0.2, 0.25) is 5.91 Å². The largest absolute Gasteiger partial charge is 0.480 e. The number of carbonyl (C=O) groups excluding carboxylic acids is 1. The number of carboxylic acid groups (broad SMARTS) is 2. The minimum absolute atomic E-state index is 0. The van der Waals surface area contributed by atoms with Crippen molar-refractivity contribution in [1.29, 1.82) is 0 Å². The molecule has 0 unspecified atom stereocenters. The number of carbonyl (C=O) groups is 3. The van der Waals surface area contributed by atoms with E-state index < -0.39 is 24.0 Å². The van der Waals surface area contributed by atoms with Gasteiger partial charge in [-0.2, -0.15) is 25.3 Å². The van der Waals surface area contributed by atoms with E-state index in [1.165, 1.54) is 6.92 Å². The number of hydrogen-bond acceptors (Lipinski definition) is 6. The lowest BCUT2D eigenvalue weighted by Crippen LogP contribution is -2.40. The summed E-state index contributed by atoms with van der Waals surface area (Å²) >= 11 is 7.38. The monoisotopic (exact) mass is 320 g/mol. The molecule has 10 heteroatoms. The molecule has 108 valence electrons. The predicted molar refractivity (Wildman–Crippen MR) is 75.8 cm³/mol. The molecule has 0 spiro atoms. The SMILES string of the molecule is CC(=O)N[C@@H](CS)C(=O)O.Cl.N[C@@H](CS)C(=O)O. The molecule has 0 bridgehead atoms. The molecule has 2 atom stereocenters. The minimum atomic E-state index is -1.06. The second kappa shape index (κ2) is 12.8. The fraction of sp³-hybridized carbons (Fsp3) is 0.625. The Hall–Kier alpha value is -0.640. The highest BCUT2D eigenvalue weighted by Crippen LogP contribution is 1.87. The van der Waals surface area contributed by atoms with Gasteiger partial charge in [-0.15, -0.1) is 12.4 Å². The van der Waals surface area contributed by atoms with Crippen LogP contribution in [0.2, 0.25) is 0 Å². The van der Waals surface area contributed by atoms with Crippen molar-refractivity contribution in [3.63, 3.8) is 0 Å². The summed E-state index contributed by atoms with van der Waals surface area (Å²) in [7, 11) is 0. The average Bonchev–Trinajstić information content (AvgIpc) is 2.24. The lowest BCUT2D eigenvalue weighted by atomic mass is 10.3. The van der Waals surface area contributed by atoms with Gasteiger partial charge in [0.15, 0.2) is 0 Å². The van der Waals surface area contributed by atoms with Crippen LogP contribution in [-0.4, -0.2) is 51.6 Å². The molecule has 0 heterocycles. The average molecular weight is 321 g/mol. The molecule has 0 aromatic rings. The van der Waals surface area contributed by atoms with Crippen LogP contribution in [0.5, 0.6) is 0 Å². The first-order valence-electron chi connectivity index (χ1n) is 4.46. The van der Waals surface area contributed by atoms with E-state index in [9.17, 15) is 14.4 Å². The fourth-order valence-corrected chi connectivity index (χ4v) is 0.913. The standard InChI is InChI=1S/C5H9NO3S.C3H7NO2S.ClH/c1-3(7)6-4(2-10)5(8)9;4-2(1-7)3(5)6;/h4,10H,2H2,1H3,(H,6,7)(H,8,9);2,7H,1,4H2,(H,5,6);1H/t4-;2-;/m00./s1.